The molecule has 1 aliphatic rings. The van der Waals surface area contributed by atoms with Crippen molar-refractivity contribution in [3.8, 4) is 11.5 Å². The monoisotopic (exact) mass is 278 g/mol. The highest BCUT2D eigenvalue weighted by Crippen LogP contribution is 2.40. The molecule has 3 nitrogen and oxygen atoms in total. The molecule has 0 radical (unpaired) electrons. The molecule has 1 aliphatic heterocycles. The van der Waals surface area contributed by atoms with Crippen molar-refractivity contribution in [3.05, 3.63) is 23.3 Å². The lowest BCUT2D eigenvalue weighted by atomic mass is 9.92. The molecule has 0 bridgehead atoms. The van der Waals surface area contributed by atoms with Gasteiger partial charge in [0.05, 0.1) is 12.7 Å². The van der Waals surface area contributed by atoms with Gasteiger partial charge in [-0.25, -0.2) is 0 Å². The summed E-state index contributed by atoms with van der Waals surface area (Å²) in [7, 11) is 0. The van der Waals surface area contributed by atoms with Gasteiger partial charge in [-0.3, -0.25) is 0 Å². The van der Waals surface area contributed by atoms with Crippen molar-refractivity contribution >= 4 is 0 Å². The van der Waals surface area contributed by atoms with E-state index in [1.807, 2.05) is 19.1 Å². The molecule has 3 atom stereocenters. The normalized spacial score (nSPS) is 20.1. The molecule has 0 aromatic heterocycles. The molecule has 3 unspecified atom stereocenters. The second kappa shape index (κ2) is 6.49. The Hall–Kier alpha value is -1.22. The van der Waals surface area contributed by atoms with E-state index in [4.69, 9.17) is 9.47 Å². The fourth-order valence-corrected chi connectivity index (χ4v) is 2.89. The van der Waals surface area contributed by atoms with Crippen LogP contribution in [0.25, 0.3) is 0 Å². The third-order valence-electron chi connectivity index (χ3n) is 3.93. The molecule has 20 heavy (non-hydrogen) atoms. The van der Waals surface area contributed by atoms with E-state index in [1.54, 1.807) is 0 Å². The van der Waals surface area contributed by atoms with E-state index in [1.165, 1.54) is 5.56 Å². The van der Waals surface area contributed by atoms with Gasteiger partial charge in [0.25, 0.3) is 0 Å². The van der Waals surface area contributed by atoms with Crippen molar-refractivity contribution in [3.63, 3.8) is 0 Å². The molecule has 1 N–H and O–H groups in total. The first-order valence-electron chi connectivity index (χ1n) is 7.71. The molecule has 0 saturated carbocycles. The Morgan fingerprint density at radius 3 is 2.80 bits per heavy atom. The number of rotatable bonds is 6. The summed E-state index contributed by atoms with van der Waals surface area (Å²) in [6.45, 7) is 8.87. The number of benzene rings is 1. The molecule has 112 valence electrons. The van der Waals surface area contributed by atoms with Crippen molar-refractivity contribution < 1.29 is 14.6 Å². The SMILES string of the molecule is CCCC(C)C(O)c1cc2c(cc1OCC)CC(C)O2. The summed E-state index contributed by atoms with van der Waals surface area (Å²) in [5.41, 5.74) is 2.04. The molecule has 3 heteroatoms. The average molecular weight is 278 g/mol. The third kappa shape index (κ3) is 3.09. The molecule has 0 aliphatic carbocycles. The van der Waals surface area contributed by atoms with Crippen LogP contribution in [-0.2, 0) is 6.42 Å². The molecule has 2 rings (SSSR count). The van der Waals surface area contributed by atoms with Crippen LogP contribution in [0.15, 0.2) is 12.1 Å². The van der Waals surface area contributed by atoms with Crippen LogP contribution in [0, 0.1) is 5.92 Å². The van der Waals surface area contributed by atoms with Gasteiger partial charge in [0.1, 0.15) is 17.6 Å². The lowest BCUT2D eigenvalue weighted by Crippen LogP contribution is -2.11. The zero-order chi connectivity index (χ0) is 14.7. The van der Waals surface area contributed by atoms with E-state index in [9.17, 15) is 5.11 Å². The van der Waals surface area contributed by atoms with Crippen molar-refractivity contribution in [2.75, 3.05) is 6.61 Å². The van der Waals surface area contributed by atoms with Crippen LogP contribution >= 0.6 is 0 Å². The average Bonchev–Trinajstić information content (AvgIpc) is 2.77. The molecule has 0 fully saturated rings. The Morgan fingerprint density at radius 1 is 1.40 bits per heavy atom. The Labute approximate surface area is 121 Å². The Bertz CT molecular complexity index is 456. The fraction of sp³-hybridized carbons (Fsp3) is 0.647. The predicted molar refractivity (Wildman–Crippen MR) is 80.4 cm³/mol. The van der Waals surface area contributed by atoms with Gasteiger partial charge in [0.2, 0.25) is 0 Å². The summed E-state index contributed by atoms with van der Waals surface area (Å²) in [6, 6.07) is 4.01. The zero-order valence-corrected chi connectivity index (χ0v) is 13.0. The smallest absolute Gasteiger partial charge is 0.125 e. The molecule has 1 aromatic carbocycles. The third-order valence-corrected chi connectivity index (χ3v) is 3.93. The Balaban J connectivity index is 2.33. The zero-order valence-electron chi connectivity index (χ0n) is 13.0. The van der Waals surface area contributed by atoms with Crippen molar-refractivity contribution in [1.82, 2.24) is 0 Å². The Kier molecular flexibility index (Phi) is 4.92. The highest BCUT2D eigenvalue weighted by atomic mass is 16.5. The predicted octanol–water partition coefficient (Wildman–Crippen LogP) is 3.88. The first-order valence-corrected chi connectivity index (χ1v) is 7.71. The van der Waals surface area contributed by atoms with Gasteiger partial charge in [0.15, 0.2) is 0 Å². The van der Waals surface area contributed by atoms with Crippen LogP contribution in [0.5, 0.6) is 11.5 Å². The molecule has 0 spiro atoms. The van der Waals surface area contributed by atoms with Gasteiger partial charge in [-0.15, -0.1) is 0 Å². The molecular weight excluding hydrogens is 252 g/mol. The lowest BCUT2D eigenvalue weighted by molar-refractivity contribution is 0.108. The summed E-state index contributed by atoms with van der Waals surface area (Å²) in [6.07, 6.45) is 2.69. The maximum Gasteiger partial charge on any atom is 0.125 e. The first kappa shape index (κ1) is 15.2. The van der Waals surface area contributed by atoms with Gasteiger partial charge in [-0.1, -0.05) is 20.3 Å². The van der Waals surface area contributed by atoms with E-state index < -0.39 is 6.10 Å². The largest absolute Gasteiger partial charge is 0.493 e. The van der Waals surface area contributed by atoms with E-state index in [-0.39, 0.29) is 12.0 Å². The molecule has 0 saturated heterocycles. The molecule has 1 heterocycles. The van der Waals surface area contributed by atoms with Crippen LogP contribution in [0.3, 0.4) is 0 Å². The Morgan fingerprint density at radius 2 is 2.15 bits per heavy atom. The van der Waals surface area contributed by atoms with Crippen molar-refractivity contribution in [2.24, 2.45) is 5.92 Å². The van der Waals surface area contributed by atoms with E-state index in [0.717, 1.165) is 36.3 Å². The maximum atomic E-state index is 10.6. The minimum Gasteiger partial charge on any atom is -0.493 e. The van der Waals surface area contributed by atoms with E-state index in [0.29, 0.717) is 6.61 Å². The van der Waals surface area contributed by atoms with E-state index >= 15 is 0 Å². The highest BCUT2D eigenvalue weighted by Gasteiger charge is 2.26. The minimum atomic E-state index is -0.499. The number of ether oxygens (including phenoxy) is 2. The van der Waals surface area contributed by atoms with Crippen LogP contribution in [-0.4, -0.2) is 17.8 Å². The van der Waals surface area contributed by atoms with Gasteiger partial charge in [-0.2, -0.15) is 0 Å². The minimum absolute atomic E-state index is 0.208. The van der Waals surface area contributed by atoms with Crippen LogP contribution in [0.1, 0.15) is 57.8 Å². The topological polar surface area (TPSA) is 38.7 Å². The van der Waals surface area contributed by atoms with E-state index in [2.05, 4.69) is 20.8 Å². The summed E-state index contributed by atoms with van der Waals surface area (Å²) < 4.78 is 11.5. The highest BCUT2D eigenvalue weighted by molar-refractivity contribution is 5.49. The first-order chi connectivity index (χ1) is 9.56. The van der Waals surface area contributed by atoms with Gasteiger partial charge < -0.3 is 14.6 Å². The van der Waals surface area contributed by atoms with Crippen LogP contribution in [0.2, 0.25) is 0 Å². The second-order valence-corrected chi connectivity index (χ2v) is 5.77. The lowest BCUT2D eigenvalue weighted by Gasteiger charge is -2.22. The van der Waals surface area contributed by atoms with Crippen LogP contribution in [0.4, 0.5) is 0 Å². The summed E-state index contributed by atoms with van der Waals surface area (Å²) in [5, 5.41) is 10.6. The maximum absolute atomic E-state index is 10.6. The molecule has 0 amide bonds. The number of hydrogen-bond acceptors (Lipinski definition) is 3. The molecule has 1 aromatic rings. The van der Waals surface area contributed by atoms with Crippen molar-refractivity contribution in [2.45, 2.75) is 59.2 Å². The summed E-state index contributed by atoms with van der Waals surface area (Å²) in [4.78, 5) is 0. The number of fused-ring (bicyclic) bond motifs is 1. The van der Waals surface area contributed by atoms with Crippen LogP contribution < -0.4 is 9.47 Å². The summed E-state index contributed by atoms with van der Waals surface area (Å²) >= 11 is 0. The summed E-state index contributed by atoms with van der Waals surface area (Å²) in [5.74, 6) is 1.93. The van der Waals surface area contributed by atoms with Gasteiger partial charge >= 0.3 is 0 Å². The van der Waals surface area contributed by atoms with Crippen molar-refractivity contribution in [1.29, 1.82) is 0 Å². The second-order valence-electron chi connectivity index (χ2n) is 5.77. The van der Waals surface area contributed by atoms with Gasteiger partial charge in [-0.05, 0) is 38.3 Å². The van der Waals surface area contributed by atoms with Gasteiger partial charge in [0, 0.05) is 17.5 Å². The molecular formula is C17H26O3. The standard InChI is InChI=1S/C17H26O3/c1-5-7-11(3)17(18)14-10-15-13(8-12(4)20-15)9-16(14)19-6-2/h9-12,17-18H,5-8H2,1-4H3. The quantitative estimate of drug-likeness (QED) is 0.858. The number of hydrogen-bond donors (Lipinski definition) is 1. The number of aliphatic hydroxyl groups is 1. The fourth-order valence-electron chi connectivity index (χ4n) is 2.89. The number of aliphatic hydroxyl groups excluding tert-OH is 1.